The van der Waals surface area contributed by atoms with Crippen molar-refractivity contribution in [2.45, 2.75) is 96.2 Å². The molecule has 1 N–H and O–H groups in total. The van der Waals surface area contributed by atoms with Gasteiger partial charge in [0.15, 0.2) is 18.1 Å². The fourth-order valence-corrected chi connectivity index (χ4v) is 9.40. The van der Waals surface area contributed by atoms with Crippen LogP contribution in [0.5, 0.6) is 11.5 Å². The molecule has 3 aliphatic rings. The van der Waals surface area contributed by atoms with E-state index in [-0.39, 0.29) is 43.5 Å². The average Bonchev–Trinajstić information content (AvgIpc) is 3.85. The number of hydrogen-bond donors (Lipinski definition) is 1. The van der Waals surface area contributed by atoms with Gasteiger partial charge in [-0.3, -0.25) is 24.8 Å². The van der Waals surface area contributed by atoms with E-state index in [4.69, 9.17) is 32.7 Å². The van der Waals surface area contributed by atoms with E-state index in [9.17, 15) is 14.9 Å². The summed E-state index contributed by atoms with van der Waals surface area (Å²) in [5.41, 5.74) is 1.28. The predicted octanol–water partition coefficient (Wildman–Crippen LogP) is 6.19. The van der Waals surface area contributed by atoms with Crippen molar-refractivity contribution in [3.63, 3.8) is 0 Å². The van der Waals surface area contributed by atoms with E-state index in [1.54, 1.807) is 40.1 Å². The second-order valence-corrected chi connectivity index (χ2v) is 17.1. The normalized spacial score (nSPS) is 22.3. The lowest BCUT2D eigenvalue weighted by Gasteiger charge is -2.39. The largest absolute Gasteiger partial charge is 0.497 e. The van der Waals surface area contributed by atoms with Crippen LogP contribution in [0.4, 0.5) is 0 Å². The lowest BCUT2D eigenvalue weighted by atomic mass is 9.80. The molecule has 0 aromatic heterocycles. The van der Waals surface area contributed by atoms with Gasteiger partial charge in [0.05, 0.1) is 46.3 Å². The Morgan fingerprint density at radius 3 is 2.05 bits per heavy atom. The Bertz CT molecular complexity index is 2070. The van der Waals surface area contributed by atoms with Crippen LogP contribution in [-0.2, 0) is 38.4 Å². The number of nitrogens with one attached hydrogen (secondary N) is 1. The van der Waals surface area contributed by atoms with Crippen LogP contribution < -0.4 is 14.8 Å². The van der Waals surface area contributed by atoms with Crippen molar-refractivity contribution in [2.24, 2.45) is 20.9 Å². The number of rotatable bonds is 19. The number of nitriles is 1. The topological polar surface area (TPSA) is 178 Å². The van der Waals surface area contributed by atoms with E-state index in [0.29, 0.717) is 11.5 Å². The summed E-state index contributed by atoms with van der Waals surface area (Å²) < 4.78 is 47.4. The van der Waals surface area contributed by atoms with Gasteiger partial charge in [0, 0.05) is 25.1 Å². The molecule has 0 aliphatic carbocycles. The van der Waals surface area contributed by atoms with Crippen molar-refractivity contribution < 1.29 is 42.3 Å². The van der Waals surface area contributed by atoms with Crippen molar-refractivity contribution >= 4 is 38.5 Å². The summed E-state index contributed by atoms with van der Waals surface area (Å²) in [7, 11) is 2.99. The number of guanidine groups is 1. The van der Waals surface area contributed by atoms with Crippen LogP contribution in [0.1, 0.15) is 64.7 Å². The lowest BCUT2D eigenvalue weighted by Crippen LogP contribution is -2.53. The zero-order valence-electron chi connectivity index (χ0n) is 36.6. The summed E-state index contributed by atoms with van der Waals surface area (Å²) in [6, 6.07) is 26.5. The van der Waals surface area contributed by atoms with Gasteiger partial charge in [-0.25, -0.2) is 4.67 Å². The molecule has 0 radical (unpaired) electrons. The number of amides is 2. The molecule has 330 valence electrons. The van der Waals surface area contributed by atoms with E-state index in [1.807, 2.05) is 78.9 Å². The first-order chi connectivity index (χ1) is 29.9. The van der Waals surface area contributed by atoms with Gasteiger partial charge < -0.3 is 32.7 Å². The molecule has 2 amide bonds. The van der Waals surface area contributed by atoms with Gasteiger partial charge >= 0.3 is 0 Å². The van der Waals surface area contributed by atoms with Gasteiger partial charge in [-0.05, 0) is 68.7 Å². The third-order valence-electron chi connectivity index (χ3n) is 10.6. The predicted molar refractivity (Wildman–Crippen MR) is 235 cm³/mol. The number of benzene rings is 3. The van der Waals surface area contributed by atoms with Crippen LogP contribution in [0.3, 0.4) is 0 Å². The van der Waals surface area contributed by atoms with Gasteiger partial charge in [-0.2, -0.15) is 15.2 Å². The van der Waals surface area contributed by atoms with Crippen LogP contribution in [-0.4, -0.2) is 117 Å². The van der Waals surface area contributed by atoms with Crippen LogP contribution in [0.25, 0.3) is 0 Å². The van der Waals surface area contributed by atoms with E-state index >= 15 is 0 Å². The van der Waals surface area contributed by atoms with Gasteiger partial charge in [0.2, 0.25) is 5.96 Å². The number of aliphatic imine (C=N–C) groups is 3. The number of hydrogen-bond acceptors (Lipinski definition) is 13. The van der Waals surface area contributed by atoms with Gasteiger partial charge in [-0.1, -0.05) is 68.4 Å². The Balaban J connectivity index is 1.47. The number of fused-ring (bicyclic) bond motifs is 1. The van der Waals surface area contributed by atoms with Crippen molar-refractivity contribution in [3.05, 3.63) is 95.6 Å². The third-order valence-corrected chi connectivity index (χ3v) is 12.7. The summed E-state index contributed by atoms with van der Waals surface area (Å²) in [5.74, 6) is 0.0924. The van der Waals surface area contributed by atoms with Gasteiger partial charge in [-0.15, -0.1) is 0 Å². The number of amidine groups is 1. The van der Waals surface area contributed by atoms with Crippen LogP contribution in [0, 0.1) is 17.2 Å². The molecule has 0 saturated carbocycles. The Morgan fingerprint density at radius 1 is 0.919 bits per heavy atom. The Labute approximate surface area is 364 Å². The van der Waals surface area contributed by atoms with Crippen molar-refractivity contribution in [2.75, 3.05) is 34.5 Å². The molecule has 6 atom stereocenters. The van der Waals surface area contributed by atoms with Crippen molar-refractivity contribution in [1.29, 1.82) is 5.26 Å². The van der Waals surface area contributed by atoms with Crippen LogP contribution >= 0.6 is 8.53 Å². The van der Waals surface area contributed by atoms with Crippen LogP contribution in [0.15, 0.2) is 93.8 Å². The minimum Gasteiger partial charge on any atom is -0.497 e. The number of ether oxygens (including phenoxy) is 5. The maximum atomic E-state index is 13.3. The first kappa shape index (κ1) is 46.4. The quantitative estimate of drug-likeness (QED) is 0.0822. The molecule has 16 nitrogen and oxygen atoms in total. The SMILES string of the molecule is COc1ccc(C(OC[C@H]2O[C@@H](N3C=NC4C(=O)NC(=NC(=O)C(C)C)N=C43)[C@H](OC)[C@@H]2OP(OCCC#N)N(C(C)C)C(C)C)(c2ccccc2)c2ccc(OC)cc2)cc1. The average molecular weight is 870 g/mol. The molecule has 3 aliphatic heterocycles. The molecule has 1 saturated heterocycles. The molecular weight excluding hydrogens is 814 g/mol. The molecule has 17 heteroatoms. The zero-order chi connectivity index (χ0) is 44.6. The molecule has 62 heavy (non-hydrogen) atoms. The first-order valence-electron chi connectivity index (χ1n) is 20.6. The van der Waals surface area contributed by atoms with Gasteiger partial charge in [0.1, 0.15) is 35.4 Å². The Morgan fingerprint density at radius 2 is 1.52 bits per heavy atom. The fourth-order valence-electron chi connectivity index (χ4n) is 7.63. The number of carbonyl (C=O) groups is 2. The standard InChI is InChI=1S/C45H56N7O9P/c1-28(2)41(53)49-44-48-40-37(42(54)50-44)47-27-51(40)43-39(57-9)38(61-62(59-25-13-24-46)52(29(3)4)30(5)6)36(60-43)26-58-45(31-14-11-10-12-15-31,32-16-20-34(55-7)21-17-32)33-18-22-35(56-8)23-19-33/h10-12,14-23,27-30,36-39,43H,13,25-26H2,1-9H3,(H,49,50,53,54)/t36-,37?,38-,39-,43-,62?/m1/s1. The maximum absolute atomic E-state index is 13.3. The molecule has 0 spiro atoms. The molecule has 3 aromatic carbocycles. The van der Waals surface area contributed by atoms with Gasteiger partial charge in [0.25, 0.3) is 20.3 Å². The van der Waals surface area contributed by atoms with Crippen LogP contribution in [0.2, 0.25) is 0 Å². The minimum absolute atomic E-state index is 0.000669. The smallest absolute Gasteiger partial charge is 0.259 e. The molecule has 3 heterocycles. The number of methoxy groups -OCH3 is 3. The Hall–Kier alpha value is -5.11. The summed E-state index contributed by atoms with van der Waals surface area (Å²) in [5, 5.41) is 12.1. The molecule has 1 fully saturated rings. The molecule has 6 rings (SSSR count). The summed E-state index contributed by atoms with van der Waals surface area (Å²) in [6.07, 6.45) is -1.82. The highest BCUT2D eigenvalue weighted by molar-refractivity contribution is 7.44. The number of carbonyl (C=O) groups excluding carboxylic acids is 2. The molecule has 2 unspecified atom stereocenters. The van der Waals surface area contributed by atoms with E-state index in [2.05, 4.69) is 58.7 Å². The van der Waals surface area contributed by atoms with E-state index < -0.39 is 62.4 Å². The highest BCUT2D eigenvalue weighted by atomic mass is 31.2. The number of nitrogens with zero attached hydrogens (tertiary/aromatic N) is 6. The second kappa shape index (κ2) is 20.8. The monoisotopic (exact) mass is 869 g/mol. The molecular formula is C45H56N7O9P. The van der Waals surface area contributed by atoms with Crippen molar-refractivity contribution in [3.8, 4) is 17.6 Å². The Kier molecular flexibility index (Phi) is 15.6. The highest BCUT2D eigenvalue weighted by Crippen LogP contribution is 2.50. The molecule has 3 aromatic rings. The highest BCUT2D eigenvalue weighted by Gasteiger charge is 2.54. The lowest BCUT2D eigenvalue weighted by molar-refractivity contribution is -0.120. The summed E-state index contributed by atoms with van der Waals surface area (Å²) in [4.78, 5) is 40.8. The summed E-state index contributed by atoms with van der Waals surface area (Å²) in [6.45, 7) is 11.8. The third kappa shape index (κ3) is 9.90. The fraction of sp³-hybridized carbons (Fsp3) is 0.467. The second-order valence-electron chi connectivity index (χ2n) is 15.7. The maximum Gasteiger partial charge on any atom is 0.259 e. The molecule has 0 bridgehead atoms. The van der Waals surface area contributed by atoms with E-state index in [0.717, 1.165) is 16.7 Å². The minimum atomic E-state index is -1.81. The zero-order valence-corrected chi connectivity index (χ0v) is 37.5. The van der Waals surface area contributed by atoms with Crippen molar-refractivity contribution in [1.82, 2.24) is 14.9 Å². The first-order valence-corrected chi connectivity index (χ1v) is 21.7. The van der Waals surface area contributed by atoms with E-state index in [1.165, 1.54) is 6.34 Å². The summed E-state index contributed by atoms with van der Waals surface area (Å²) >= 11 is 0.